The number of methoxy groups -OCH3 is 1. The van der Waals surface area contributed by atoms with Gasteiger partial charge in [0.25, 0.3) is 0 Å². The van der Waals surface area contributed by atoms with Gasteiger partial charge in [-0.25, -0.2) is 0 Å². The van der Waals surface area contributed by atoms with E-state index in [2.05, 4.69) is 40.8 Å². The van der Waals surface area contributed by atoms with E-state index >= 15 is 0 Å². The number of epoxide rings is 2. The number of rotatable bonds is 8. The molecule has 1 aromatic rings. The molecule has 0 aromatic heterocycles. The van der Waals surface area contributed by atoms with E-state index < -0.39 is 8.32 Å². The molecule has 2 heterocycles. The summed E-state index contributed by atoms with van der Waals surface area (Å²) in [6, 6.07) is 9.97. The highest BCUT2D eigenvalue weighted by Crippen LogP contribution is 2.60. The molecule has 1 spiro atoms. The van der Waals surface area contributed by atoms with Crippen molar-refractivity contribution in [1.82, 2.24) is 0 Å². The van der Waals surface area contributed by atoms with Crippen LogP contribution in [0.2, 0.25) is 18.1 Å². The molecular weight excluding hydrogens is 408 g/mol. The first kappa shape index (κ1) is 23.2. The van der Waals surface area contributed by atoms with Crippen molar-refractivity contribution in [3.8, 4) is 5.75 Å². The van der Waals surface area contributed by atoms with Crippen LogP contribution in [0.25, 0.3) is 0 Å². The Balaban J connectivity index is 1.44. The molecule has 6 heteroatoms. The van der Waals surface area contributed by atoms with E-state index in [-0.39, 0.29) is 40.5 Å². The highest BCUT2D eigenvalue weighted by atomic mass is 28.4. The molecule has 5 nitrogen and oxygen atoms in total. The van der Waals surface area contributed by atoms with Crippen LogP contribution in [0.15, 0.2) is 30.3 Å². The molecule has 1 aliphatic carbocycles. The van der Waals surface area contributed by atoms with E-state index in [0.717, 1.165) is 31.6 Å². The summed E-state index contributed by atoms with van der Waals surface area (Å²) in [6.07, 6.45) is 3.10. The minimum atomic E-state index is -1.90. The summed E-state index contributed by atoms with van der Waals surface area (Å²) in [5.41, 5.74) is -0.371. The van der Waals surface area contributed by atoms with Crippen LogP contribution in [0.3, 0.4) is 0 Å². The number of benzene rings is 1. The molecule has 2 aliphatic heterocycles. The molecule has 4 rings (SSSR count). The van der Waals surface area contributed by atoms with Crippen LogP contribution in [0, 0.1) is 5.92 Å². The van der Waals surface area contributed by atoms with Crippen molar-refractivity contribution in [3.63, 3.8) is 0 Å². The molecule has 1 aromatic carbocycles. The summed E-state index contributed by atoms with van der Waals surface area (Å²) in [7, 11) is -0.0819. The first-order valence-corrected chi connectivity index (χ1v) is 14.6. The van der Waals surface area contributed by atoms with Gasteiger partial charge in [-0.05, 0) is 50.0 Å². The maximum atomic E-state index is 6.87. The number of ether oxygens (including phenoxy) is 4. The lowest BCUT2D eigenvalue weighted by Crippen LogP contribution is -2.58. The van der Waals surface area contributed by atoms with Gasteiger partial charge in [-0.3, -0.25) is 0 Å². The van der Waals surface area contributed by atoms with Gasteiger partial charge in [-0.2, -0.15) is 0 Å². The highest BCUT2D eigenvalue weighted by molar-refractivity contribution is 6.74. The van der Waals surface area contributed by atoms with Gasteiger partial charge < -0.3 is 23.4 Å². The third-order valence-electron chi connectivity index (χ3n) is 8.14. The second-order valence-electron chi connectivity index (χ2n) is 11.2. The van der Waals surface area contributed by atoms with Crippen molar-refractivity contribution in [3.05, 3.63) is 30.3 Å². The van der Waals surface area contributed by atoms with Gasteiger partial charge in [0.2, 0.25) is 0 Å². The number of hydrogen-bond acceptors (Lipinski definition) is 5. The Morgan fingerprint density at radius 1 is 1.16 bits per heavy atom. The molecule has 0 radical (unpaired) electrons. The van der Waals surface area contributed by atoms with Gasteiger partial charge in [0.15, 0.2) is 8.32 Å². The third-order valence-corrected chi connectivity index (χ3v) is 12.6. The molecule has 1 saturated carbocycles. The summed E-state index contributed by atoms with van der Waals surface area (Å²) in [4.78, 5) is 0. The summed E-state index contributed by atoms with van der Waals surface area (Å²) in [5, 5.41) is 0.170. The lowest BCUT2D eigenvalue weighted by molar-refractivity contribution is -0.111. The van der Waals surface area contributed by atoms with Crippen LogP contribution in [-0.4, -0.2) is 58.2 Å². The van der Waals surface area contributed by atoms with E-state index in [9.17, 15) is 0 Å². The third kappa shape index (κ3) is 4.47. The SMILES string of the molecule is CO[C@@H]1[C@H](O[Si](C)(C)C(C)(C)C)CC[C@]2(CO2)[C@H]1[C@]1(C)O[C@@H]1CCOc1ccccc1. The van der Waals surface area contributed by atoms with Crippen molar-refractivity contribution in [2.45, 2.75) is 94.6 Å². The molecule has 0 bridgehead atoms. The Morgan fingerprint density at radius 3 is 2.42 bits per heavy atom. The average molecular weight is 449 g/mol. The molecule has 31 heavy (non-hydrogen) atoms. The van der Waals surface area contributed by atoms with Crippen molar-refractivity contribution >= 4 is 8.32 Å². The van der Waals surface area contributed by atoms with Crippen LogP contribution in [0.1, 0.15) is 47.0 Å². The maximum Gasteiger partial charge on any atom is 0.192 e. The van der Waals surface area contributed by atoms with Gasteiger partial charge in [0.05, 0.1) is 43.0 Å². The van der Waals surface area contributed by atoms with E-state index in [0.29, 0.717) is 6.61 Å². The number of para-hydroxylation sites is 1. The van der Waals surface area contributed by atoms with E-state index in [1.165, 1.54) is 0 Å². The fraction of sp³-hybridized carbons (Fsp3) is 0.760. The van der Waals surface area contributed by atoms with Gasteiger partial charge >= 0.3 is 0 Å². The van der Waals surface area contributed by atoms with Crippen LogP contribution in [-0.2, 0) is 18.6 Å². The van der Waals surface area contributed by atoms with Crippen LogP contribution < -0.4 is 4.74 Å². The van der Waals surface area contributed by atoms with Crippen molar-refractivity contribution < 1.29 is 23.4 Å². The van der Waals surface area contributed by atoms with Gasteiger partial charge in [0, 0.05) is 13.5 Å². The zero-order chi connectivity index (χ0) is 22.5. The summed E-state index contributed by atoms with van der Waals surface area (Å²) in [5.74, 6) is 1.08. The van der Waals surface area contributed by atoms with Crippen molar-refractivity contribution in [2.75, 3.05) is 20.3 Å². The first-order chi connectivity index (χ1) is 14.5. The standard InChI is InChI=1S/C25H40O5Si/c1-23(2,3)31(6,7)30-19-13-15-25(17-28-25)22(21(19)26-5)24(4)20(29-24)14-16-27-18-11-9-8-10-12-18/h8-12,19-22H,13-17H2,1-7H3/t19-,20-,21-,22-,24-,25+/m1/s1. The Bertz CT molecular complexity index is 757. The quantitative estimate of drug-likeness (QED) is 0.404. The summed E-state index contributed by atoms with van der Waals surface area (Å²) >= 11 is 0. The minimum absolute atomic E-state index is 0.0181. The lowest BCUT2D eigenvalue weighted by Gasteiger charge is -2.47. The Labute approximate surface area is 188 Å². The molecule has 0 amide bonds. The molecule has 0 N–H and O–H groups in total. The zero-order valence-electron chi connectivity index (χ0n) is 20.3. The van der Waals surface area contributed by atoms with Gasteiger partial charge in [-0.1, -0.05) is 39.0 Å². The molecule has 6 atom stereocenters. The smallest absolute Gasteiger partial charge is 0.192 e. The fourth-order valence-electron chi connectivity index (χ4n) is 5.15. The molecule has 3 aliphatic rings. The van der Waals surface area contributed by atoms with Crippen molar-refractivity contribution in [1.29, 1.82) is 0 Å². The number of hydrogen-bond donors (Lipinski definition) is 0. The van der Waals surface area contributed by atoms with Crippen LogP contribution in [0.4, 0.5) is 0 Å². The van der Waals surface area contributed by atoms with E-state index in [1.54, 1.807) is 0 Å². The fourth-order valence-corrected chi connectivity index (χ4v) is 6.51. The molecular formula is C25H40O5Si. The molecule has 174 valence electrons. The molecule has 0 unspecified atom stereocenters. The maximum absolute atomic E-state index is 6.87. The van der Waals surface area contributed by atoms with Gasteiger partial charge in [-0.15, -0.1) is 0 Å². The summed E-state index contributed by atoms with van der Waals surface area (Å²) < 4.78 is 31.4. The highest BCUT2D eigenvalue weighted by Gasteiger charge is 2.72. The van der Waals surface area contributed by atoms with E-state index in [1.807, 2.05) is 37.4 Å². The van der Waals surface area contributed by atoms with Crippen LogP contribution >= 0.6 is 0 Å². The molecule has 3 fully saturated rings. The Hall–Kier alpha value is -0.923. The zero-order valence-corrected chi connectivity index (χ0v) is 21.3. The first-order valence-electron chi connectivity index (χ1n) is 11.7. The predicted octanol–water partition coefficient (Wildman–Crippen LogP) is 5.20. The van der Waals surface area contributed by atoms with Gasteiger partial charge in [0.1, 0.15) is 11.4 Å². The molecule has 2 saturated heterocycles. The minimum Gasteiger partial charge on any atom is -0.493 e. The van der Waals surface area contributed by atoms with Crippen molar-refractivity contribution in [2.24, 2.45) is 5.92 Å². The second kappa shape index (κ2) is 8.14. The average Bonchev–Trinajstić information content (AvgIpc) is 3.61. The van der Waals surface area contributed by atoms with Crippen LogP contribution in [0.5, 0.6) is 5.75 Å². The largest absolute Gasteiger partial charge is 0.493 e. The lowest BCUT2D eigenvalue weighted by atomic mass is 9.68. The second-order valence-corrected chi connectivity index (χ2v) is 16.0. The normalized spacial score (nSPS) is 37.6. The monoisotopic (exact) mass is 448 g/mol. The predicted molar refractivity (Wildman–Crippen MR) is 124 cm³/mol. The summed E-state index contributed by atoms with van der Waals surface area (Å²) in [6.45, 7) is 15.2. The Morgan fingerprint density at radius 2 is 1.84 bits per heavy atom. The van der Waals surface area contributed by atoms with E-state index in [4.69, 9.17) is 23.4 Å². The Kier molecular flexibility index (Phi) is 6.10. The topological polar surface area (TPSA) is 52.8 Å².